The first-order chi connectivity index (χ1) is 13.4. The Labute approximate surface area is 157 Å². The van der Waals surface area contributed by atoms with Gasteiger partial charge in [0.05, 0.1) is 11.1 Å². The van der Waals surface area contributed by atoms with Crippen molar-refractivity contribution in [2.24, 2.45) is 0 Å². The number of carbonyl (C=O) groups excluding carboxylic acids is 4. The third-order valence-corrected chi connectivity index (χ3v) is 3.31. The summed E-state index contributed by atoms with van der Waals surface area (Å²) in [4.78, 5) is 46.5. The van der Waals surface area contributed by atoms with Crippen molar-refractivity contribution in [2.45, 2.75) is 0 Å². The number of benzene rings is 2. The summed E-state index contributed by atoms with van der Waals surface area (Å²) in [5, 5.41) is 2.14. The van der Waals surface area contributed by atoms with Gasteiger partial charge >= 0.3 is 5.97 Å². The van der Waals surface area contributed by atoms with Gasteiger partial charge in [-0.15, -0.1) is 0 Å². The van der Waals surface area contributed by atoms with E-state index in [1.165, 1.54) is 36.4 Å². The molecule has 0 heterocycles. The number of esters is 1. The molecule has 2 aromatic rings. The SMILES string of the molecule is O=C(COC(=O)CNC(=O)c1ccccc1F)NNC(=O)c1ccccc1F. The molecule has 0 atom stereocenters. The van der Waals surface area contributed by atoms with Gasteiger partial charge in [-0.3, -0.25) is 30.0 Å². The van der Waals surface area contributed by atoms with E-state index >= 15 is 0 Å². The summed E-state index contributed by atoms with van der Waals surface area (Å²) in [7, 11) is 0. The molecule has 8 nitrogen and oxygen atoms in total. The summed E-state index contributed by atoms with van der Waals surface area (Å²) in [6.45, 7) is -1.35. The summed E-state index contributed by atoms with van der Waals surface area (Å²) in [6, 6.07) is 10.3. The van der Waals surface area contributed by atoms with Crippen LogP contribution in [0.15, 0.2) is 48.5 Å². The summed E-state index contributed by atoms with van der Waals surface area (Å²) in [5.74, 6) is -5.09. The highest BCUT2D eigenvalue weighted by atomic mass is 19.1. The fourth-order valence-corrected chi connectivity index (χ4v) is 1.97. The van der Waals surface area contributed by atoms with E-state index < -0.39 is 48.5 Å². The highest BCUT2D eigenvalue weighted by Crippen LogP contribution is 2.06. The molecule has 0 unspecified atom stereocenters. The molecule has 3 amide bonds. The quantitative estimate of drug-likeness (QED) is 0.496. The molecule has 0 aliphatic rings. The predicted octanol–water partition coefficient (Wildman–Crippen LogP) is 0.699. The molecular formula is C18H15F2N3O5. The van der Waals surface area contributed by atoms with Crippen LogP contribution in [0.1, 0.15) is 20.7 Å². The Morgan fingerprint density at radius 1 is 0.786 bits per heavy atom. The molecule has 0 radical (unpaired) electrons. The van der Waals surface area contributed by atoms with Crippen molar-refractivity contribution >= 4 is 23.7 Å². The molecule has 0 aromatic heterocycles. The van der Waals surface area contributed by atoms with Crippen molar-refractivity contribution in [3.8, 4) is 0 Å². The minimum atomic E-state index is -0.958. The van der Waals surface area contributed by atoms with Gasteiger partial charge in [0.2, 0.25) is 0 Å². The fraction of sp³-hybridized carbons (Fsp3) is 0.111. The maximum absolute atomic E-state index is 13.4. The van der Waals surface area contributed by atoms with E-state index in [-0.39, 0.29) is 11.1 Å². The summed E-state index contributed by atoms with van der Waals surface area (Å²) in [5.41, 5.74) is 3.37. The predicted molar refractivity (Wildman–Crippen MR) is 91.7 cm³/mol. The first-order valence-electron chi connectivity index (χ1n) is 7.90. The van der Waals surface area contributed by atoms with Crippen LogP contribution in [0.25, 0.3) is 0 Å². The number of rotatable bonds is 6. The lowest BCUT2D eigenvalue weighted by molar-refractivity contribution is -0.147. The number of carbonyl (C=O) groups is 4. The van der Waals surface area contributed by atoms with Crippen molar-refractivity contribution in [2.75, 3.05) is 13.2 Å². The molecular weight excluding hydrogens is 376 g/mol. The number of nitrogens with one attached hydrogen (secondary N) is 3. The Bertz CT molecular complexity index is 831. The number of ether oxygens (including phenoxy) is 1. The molecule has 28 heavy (non-hydrogen) atoms. The molecule has 10 heteroatoms. The Hall–Kier alpha value is -3.82. The molecule has 0 saturated heterocycles. The van der Waals surface area contributed by atoms with Crippen LogP contribution >= 0.6 is 0 Å². The minimum Gasteiger partial charge on any atom is -0.454 e. The van der Waals surface area contributed by atoms with E-state index in [0.717, 1.165) is 12.1 Å². The van der Waals surface area contributed by atoms with Crippen LogP contribution in [0.4, 0.5) is 8.78 Å². The average molecular weight is 391 g/mol. The lowest BCUT2D eigenvalue weighted by Gasteiger charge is -2.09. The lowest BCUT2D eigenvalue weighted by atomic mass is 10.2. The Balaban J connectivity index is 1.70. The third-order valence-electron chi connectivity index (χ3n) is 3.31. The van der Waals surface area contributed by atoms with E-state index in [4.69, 9.17) is 0 Å². The second kappa shape index (κ2) is 9.76. The molecule has 0 fully saturated rings. The molecule has 2 aromatic carbocycles. The topological polar surface area (TPSA) is 114 Å². The van der Waals surface area contributed by atoms with Gasteiger partial charge in [0.15, 0.2) is 6.61 Å². The van der Waals surface area contributed by atoms with E-state index in [0.29, 0.717) is 0 Å². The van der Waals surface area contributed by atoms with Gasteiger partial charge in [-0.25, -0.2) is 8.78 Å². The van der Waals surface area contributed by atoms with Crippen molar-refractivity contribution in [1.29, 1.82) is 0 Å². The van der Waals surface area contributed by atoms with Crippen LogP contribution in [0.2, 0.25) is 0 Å². The Morgan fingerprint density at radius 3 is 1.89 bits per heavy atom. The molecule has 2 rings (SSSR count). The highest BCUT2D eigenvalue weighted by molar-refractivity contribution is 5.97. The largest absolute Gasteiger partial charge is 0.454 e. The zero-order chi connectivity index (χ0) is 20.5. The minimum absolute atomic E-state index is 0.246. The Kier molecular flexibility index (Phi) is 7.14. The number of amides is 3. The molecule has 0 saturated carbocycles. The maximum atomic E-state index is 13.4. The maximum Gasteiger partial charge on any atom is 0.325 e. The lowest BCUT2D eigenvalue weighted by Crippen LogP contribution is -2.44. The van der Waals surface area contributed by atoms with E-state index in [1.807, 2.05) is 10.9 Å². The molecule has 0 aliphatic carbocycles. The summed E-state index contributed by atoms with van der Waals surface area (Å²) in [6.07, 6.45) is 0. The second-order valence-electron chi connectivity index (χ2n) is 5.31. The van der Waals surface area contributed by atoms with E-state index in [1.54, 1.807) is 0 Å². The van der Waals surface area contributed by atoms with Crippen molar-refractivity contribution in [3.05, 3.63) is 71.3 Å². The van der Waals surface area contributed by atoms with Crippen molar-refractivity contribution in [3.63, 3.8) is 0 Å². The van der Waals surface area contributed by atoms with Gasteiger partial charge in [0.25, 0.3) is 17.7 Å². The van der Waals surface area contributed by atoms with Crippen molar-refractivity contribution in [1.82, 2.24) is 16.2 Å². The van der Waals surface area contributed by atoms with Crippen LogP contribution in [-0.2, 0) is 14.3 Å². The third kappa shape index (κ3) is 5.87. The van der Waals surface area contributed by atoms with Gasteiger partial charge < -0.3 is 10.1 Å². The van der Waals surface area contributed by atoms with Crippen LogP contribution in [-0.4, -0.2) is 36.8 Å². The number of hydrazine groups is 1. The Morgan fingerprint density at radius 2 is 1.32 bits per heavy atom. The normalized spacial score (nSPS) is 9.93. The van der Waals surface area contributed by atoms with Gasteiger partial charge in [-0.2, -0.15) is 0 Å². The fourth-order valence-electron chi connectivity index (χ4n) is 1.97. The van der Waals surface area contributed by atoms with E-state index in [9.17, 15) is 28.0 Å². The van der Waals surface area contributed by atoms with Crippen LogP contribution in [0.5, 0.6) is 0 Å². The number of halogens is 2. The molecule has 0 aliphatic heterocycles. The van der Waals surface area contributed by atoms with Crippen molar-refractivity contribution < 1.29 is 32.7 Å². The molecule has 0 spiro atoms. The summed E-state index contributed by atoms with van der Waals surface area (Å²) < 4.78 is 31.4. The smallest absolute Gasteiger partial charge is 0.325 e. The number of hydrogen-bond donors (Lipinski definition) is 3. The first kappa shape index (κ1) is 20.5. The van der Waals surface area contributed by atoms with Crippen LogP contribution in [0.3, 0.4) is 0 Å². The zero-order valence-corrected chi connectivity index (χ0v) is 14.3. The highest BCUT2D eigenvalue weighted by Gasteiger charge is 2.15. The van der Waals surface area contributed by atoms with Crippen LogP contribution < -0.4 is 16.2 Å². The molecule has 0 bridgehead atoms. The standard InChI is InChI=1S/C18H15F2N3O5/c19-13-7-3-1-5-11(13)17(26)21-9-16(25)28-10-15(24)22-23-18(27)12-6-2-4-8-14(12)20/h1-8H,9-10H2,(H,21,26)(H,22,24)(H,23,27). The van der Waals surface area contributed by atoms with Gasteiger partial charge in [-0.1, -0.05) is 24.3 Å². The second-order valence-corrected chi connectivity index (χ2v) is 5.31. The van der Waals surface area contributed by atoms with Gasteiger partial charge in [-0.05, 0) is 24.3 Å². The van der Waals surface area contributed by atoms with E-state index in [2.05, 4.69) is 10.1 Å². The summed E-state index contributed by atoms with van der Waals surface area (Å²) >= 11 is 0. The first-order valence-corrected chi connectivity index (χ1v) is 7.90. The molecule has 3 N–H and O–H groups in total. The van der Waals surface area contributed by atoms with Gasteiger partial charge in [0.1, 0.15) is 18.2 Å². The monoisotopic (exact) mass is 391 g/mol. The zero-order valence-electron chi connectivity index (χ0n) is 14.3. The van der Waals surface area contributed by atoms with Gasteiger partial charge in [0, 0.05) is 0 Å². The van der Waals surface area contributed by atoms with Crippen LogP contribution in [0, 0.1) is 11.6 Å². The molecule has 146 valence electrons. The average Bonchev–Trinajstić information content (AvgIpc) is 2.69. The number of hydrogen-bond acceptors (Lipinski definition) is 5.